The molecule has 0 radical (unpaired) electrons. The van der Waals surface area contributed by atoms with Crippen molar-refractivity contribution in [2.45, 2.75) is 44.8 Å². The zero-order valence-corrected chi connectivity index (χ0v) is 19.9. The fraction of sp³-hybridized carbons (Fsp3) is 0.429. The summed E-state index contributed by atoms with van der Waals surface area (Å²) >= 11 is 0. The van der Waals surface area contributed by atoms with E-state index in [-0.39, 0.29) is 18.2 Å². The Morgan fingerprint density at radius 1 is 0.912 bits per heavy atom. The van der Waals surface area contributed by atoms with Gasteiger partial charge in [-0.3, -0.25) is 4.90 Å². The summed E-state index contributed by atoms with van der Waals surface area (Å²) in [5.74, 6) is -0.249. The van der Waals surface area contributed by atoms with E-state index in [0.29, 0.717) is 32.8 Å². The average molecular weight is 463 g/mol. The van der Waals surface area contributed by atoms with Crippen LogP contribution in [-0.2, 0) is 14.3 Å². The molecule has 0 N–H and O–H groups in total. The number of ether oxygens (including phenoxy) is 2. The number of nitrogens with zero attached hydrogens (tertiary/aromatic N) is 2. The minimum absolute atomic E-state index is 0.249. The molecular formula is C28H34N2O4. The number of carbonyl (C=O) groups excluding carboxylic acids is 2. The van der Waals surface area contributed by atoms with E-state index in [4.69, 9.17) is 9.47 Å². The second-order valence-corrected chi connectivity index (χ2v) is 8.91. The van der Waals surface area contributed by atoms with Crippen LogP contribution in [0.15, 0.2) is 77.9 Å². The number of esters is 1. The number of amides is 1. The van der Waals surface area contributed by atoms with E-state index >= 15 is 0 Å². The van der Waals surface area contributed by atoms with E-state index in [1.54, 1.807) is 4.90 Å². The first-order valence-corrected chi connectivity index (χ1v) is 12.2. The van der Waals surface area contributed by atoms with Crippen molar-refractivity contribution in [2.75, 3.05) is 32.8 Å². The molecule has 6 nitrogen and oxygen atoms in total. The molecule has 1 aliphatic heterocycles. The quantitative estimate of drug-likeness (QED) is 0.536. The second-order valence-electron chi connectivity index (χ2n) is 8.91. The van der Waals surface area contributed by atoms with Crippen LogP contribution in [0.25, 0.3) is 0 Å². The first kappa shape index (κ1) is 24.0. The largest absolute Gasteiger partial charge is 0.456 e. The lowest BCUT2D eigenvalue weighted by atomic mass is 9.98. The lowest BCUT2D eigenvalue weighted by molar-refractivity contribution is -0.154. The molecule has 180 valence electrons. The maximum absolute atomic E-state index is 13.4. The van der Waals surface area contributed by atoms with Crippen molar-refractivity contribution >= 4 is 12.1 Å². The predicted octanol–water partition coefficient (Wildman–Crippen LogP) is 4.97. The van der Waals surface area contributed by atoms with Gasteiger partial charge in [-0.1, -0.05) is 66.8 Å². The van der Waals surface area contributed by atoms with Gasteiger partial charge in [0.25, 0.3) is 0 Å². The summed E-state index contributed by atoms with van der Waals surface area (Å²) in [6.45, 7) is 4.41. The third-order valence-electron chi connectivity index (χ3n) is 6.50. The Kier molecular flexibility index (Phi) is 8.36. The van der Waals surface area contributed by atoms with Crippen molar-refractivity contribution in [2.24, 2.45) is 0 Å². The summed E-state index contributed by atoms with van der Waals surface area (Å²) in [6.07, 6.45) is 15.8. The molecule has 2 aliphatic carbocycles. The lowest BCUT2D eigenvalue weighted by Gasteiger charge is -2.38. The van der Waals surface area contributed by atoms with Gasteiger partial charge in [0, 0.05) is 26.2 Å². The van der Waals surface area contributed by atoms with Crippen LogP contribution in [0.3, 0.4) is 0 Å². The molecule has 4 rings (SSSR count). The van der Waals surface area contributed by atoms with E-state index < -0.39 is 6.04 Å². The Labute approximate surface area is 202 Å². The number of hydrogen-bond acceptors (Lipinski definition) is 5. The molecule has 1 unspecified atom stereocenters. The molecule has 1 saturated heterocycles. The first-order chi connectivity index (χ1) is 16.6. The van der Waals surface area contributed by atoms with Crippen molar-refractivity contribution < 1.29 is 19.1 Å². The number of piperazine rings is 1. The number of benzene rings is 1. The summed E-state index contributed by atoms with van der Waals surface area (Å²) in [7, 11) is 0. The highest BCUT2D eigenvalue weighted by Gasteiger charge is 2.34. The fourth-order valence-corrected chi connectivity index (χ4v) is 4.54. The zero-order chi connectivity index (χ0) is 23.8. The Bertz CT molecular complexity index is 971. The monoisotopic (exact) mass is 462 g/mol. The van der Waals surface area contributed by atoms with E-state index in [0.717, 1.165) is 42.4 Å². The SMILES string of the molecule is C[C@H](OC(=O)C(C1=CCCC=C1)N1CCN(C(=O)OCC2=CCCC=C2)CC1)c1ccccc1. The molecule has 1 aromatic carbocycles. The van der Waals surface area contributed by atoms with Gasteiger partial charge >= 0.3 is 12.1 Å². The van der Waals surface area contributed by atoms with Crippen LogP contribution in [0.2, 0.25) is 0 Å². The molecule has 0 bridgehead atoms. The van der Waals surface area contributed by atoms with E-state index in [1.807, 2.05) is 49.4 Å². The van der Waals surface area contributed by atoms with Crippen molar-refractivity contribution in [3.63, 3.8) is 0 Å². The molecule has 0 aromatic heterocycles. The Morgan fingerprint density at radius 3 is 2.26 bits per heavy atom. The zero-order valence-electron chi connectivity index (χ0n) is 19.9. The molecule has 6 heteroatoms. The maximum Gasteiger partial charge on any atom is 0.410 e. The van der Waals surface area contributed by atoms with Crippen molar-refractivity contribution in [1.29, 1.82) is 0 Å². The molecular weight excluding hydrogens is 428 g/mol. The van der Waals surface area contributed by atoms with E-state index in [2.05, 4.69) is 29.2 Å². The standard InChI is InChI=1S/C28H34N2O4/c1-22(24-13-7-3-8-14-24)34-27(31)26(25-15-9-4-10-16-25)29-17-19-30(20-18-29)28(32)33-21-23-11-5-2-6-12-23/h3,5,7-9,11-16,22,26H,2,4,6,10,17-21H2,1H3/t22-,26?/m0/s1. The molecule has 34 heavy (non-hydrogen) atoms. The van der Waals surface area contributed by atoms with Gasteiger partial charge in [0.2, 0.25) is 0 Å². The van der Waals surface area contributed by atoms with Crippen LogP contribution < -0.4 is 0 Å². The van der Waals surface area contributed by atoms with Gasteiger partial charge in [-0.15, -0.1) is 0 Å². The number of hydrogen-bond donors (Lipinski definition) is 0. The highest BCUT2D eigenvalue weighted by molar-refractivity contribution is 5.81. The molecule has 3 aliphatic rings. The number of allylic oxidation sites excluding steroid dienone is 4. The normalized spacial score (nSPS) is 20.2. The Balaban J connectivity index is 1.36. The van der Waals surface area contributed by atoms with Gasteiger partial charge in [0.1, 0.15) is 18.8 Å². The third-order valence-corrected chi connectivity index (χ3v) is 6.50. The summed E-state index contributed by atoms with van der Waals surface area (Å²) < 4.78 is 11.4. The summed E-state index contributed by atoms with van der Waals surface area (Å²) in [4.78, 5) is 29.8. The van der Waals surface area contributed by atoms with E-state index in [1.165, 1.54) is 0 Å². The molecule has 1 fully saturated rings. The van der Waals surface area contributed by atoms with Crippen LogP contribution in [-0.4, -0.2) is 60.7 Å². The lowest BCUT2D eigenvalue weighted by Crippen LogP contribution is -2.55. The smallest absolute Gasteiger partial charge is 0.410 e. The van der Waals surface area contributed by atoms with Gasteiger partial charge in [-0.2, -0.15) is 0 Å². The van der Waals surface area contributed by atoms with Crippen LogP contribution in [0.5, 0.6) is 0 Å². The minimum atomic E-state index is -0.474. The van der Waals surface area contributed by atoms with Crippen molar-refractivity contribution in [3.05, 3.63) is 83.5 Å². The fourth-order valence-electron chi connectivity index (χ4n) is 4.54. The minimum Gasteiger partial charge on any atom is -0.456 e. The molecule has 0 saturated carbocycles. The van der Waals surface area contributed by atoms with E-state index in [9.17, 15) is 9.59 Å². The molecule has 1 heterocycles. The molecule has 0 spiro atoms. The second kappa shape index (κ2) is 11.8. The molecule has 1 amide bonds. The van der Waals surface area contributed by atoms with Gasteiger partial charge in [0.15, 0.2) is 0 Å². The van der Waals surface area contributed by atoms with Crippen molar-refractivity contribution in [1.82, 2.24) is 9.80 Å². The van der Waals surface area contributed by atoms with Crippen LogP contribution in [0.1, 0.15) is 44.3 Å². The van der Waals surface area contributed by atoms with Crippen LogP contribution in [0.4, 0.5) is 4.79 Å². The topological polar surface area (TPSA) is 59.1 Å². The highest BCUT2D eigenvalue weighted by atomic mass is 16.6. The summed E-state index contributed by atoms with van der Waals surface area (Å²) in [6, 6.07) is 9.31. The predicted molar refractivity (Wildman–Crippen MR) is 132 cm³/mol. The average Bonchev–Trinajstić information content (AvgIpc) is 2.89. The van der Waals surface area contributed by atoms with Gasteiger partial charge in [-0.05, 0) is 49.3 Å². The Hall–Kier alpha value is -3.12. The third kappa shape index (κ3) is 6.26. The van der Waals surface area contributed by atoms with Gasteiger partial charge in [-0.25, -0.2) is 9.59 Å². The molecule has 2 atom stereocenters. The number of rotatable bonds is 7. The van der Waals surface area contributed by atoms with Crippen LogP contribution in [0, 0.1) is 0 Å². The van der Waals surface area contributed by atoms with Crippen LogP contribution >= 0.6 is 0 Å². The number of carbonyl (C=O) groups is 2. The first-order valence-electron chi connectivity index (χ1n) is 12.2. The van der Waals surface area contributed by atoms with Gasteiger partial charge < -0.3 is 14.4 Å². The summed E-state index contributed by atoms with van der Waals surface area (Å²) in [5, 5.41) is 0. The maximum atomic E-state index is 13.4. The Morgan fingerprint density at radius 2 is 1.62 bits per heavy atom. The highest BCUT2D eigenvalue weighted by Crippen LogP contribution is 2.24. The van der Waals surface area contributed by atoms with Gasteiger partial charge in [0.05, 0.1) is 0 Å². The molecule has 1 aromatic rings. The van der Waals surface area contributed by atoms with Crippen molar-refractivity contribution in [3.8, 4) is 0 Å². The summed E-state index contributed by atoms with van der Waals surface area (Å²) in [5.41, 5.74) is 2.99.